The second-order valence-corrected chi connectivity index (χ2v) is 7.89. The molecule has 0 bridgehead atoms. The van der Waals surface area contributed by atoms with Gasteiger partial charge in [-0.15, -0.1) is 11.3 Å². The molecule has 2 atom stereocenters. The van der Waals surface area contributed by atoms with Gasteiger partial charge in [0.2, 0.25) is 0 Å². The van der Waals surface area contributed by atoms with Crippen molar-refractivity contribution in [2.75, 3.05) is 11.9 Å². The molecule has 1 saturated carbocycles. The summed E-state index contributed by atoms with van der Waals surface area (Å²) in [6, 6.07) is 6.89. The number of nitrogens with zero attached hydrogens (tertiary/aromatic N) is 1. The fraction of sp³-hybridized carbons (Fsp3) is 0.588. The molecule has 0 aliphatic heterocycles. The van der Waals surface area contributed by atoms with Crippen LogP contribution in [0.1, 0.15) is 34.1 Å². The number of aromatic nitrogens is 1. The number of fused-ring (bicyclic) bond motifs is 1. The molecule has 21 heavy (non-hydrogen) atoms. The summed E-state index contributed by atoms with van der Waals surface area (Å²) in [5, 5.41) is 3.67. The van der Waals surface area contributed by atoms with Crippen LogP contribution in [0.2, 0.25) is 0 Å². The highest BCUT2D eigenvalue weighted by Crippen LogP contribution is 2.44. The molecule has 0 saturated heterocycles. The second-order valence-electron chi connectivity index (χ2n) is 7.00. The Hall–Kier alpha value is -1.13. The maximum Gasteiger partial charge on any atom is 0.0813 e. The van der Waals surface area contributed by atoms with Crippen molar-refractivity contribution in [1.82, 2.24) is 4.98 Å². The zero-order valence-corrected chi connectivity index (χ0v) is 14.0. The second kappa shape index (κ2) is 5.58. The van der Waals surface area contributed by atoms with E-state index in [0.717, 1.165) is 18.5 Å². The van der Waals surface area contributed by atoms with E-state index in [4.69, 9.17) is 4.74 Å². The van der Waals surface area contributed by atoms with Crippen molar-refractivity contribution in [3.8, 4) is 0 Å². The largest absolute Gasteiger partial charge is 0.382 e. The van der Waals surface area contributed by atoms with Gasteiger partial charge in [0.05, 0.1) is 21.8 Å². The fourth-order valence-electron chi connectivity index (χ4n) is 2.87. The van der Waals surface area contributed by atoms with Crippen LogP contribution >= 0.6 is 11.3 Å². The Kier molecular flexibility index (Phi) is 3.93. The van der Waals surface area contributed by atoms with Gasteiger partial charge in [0.15, 0.2) is 0 Å². The normalized spacial score (nSPS) is 24.2. The van der Waals surface area contributed by atoms with Crippen molar-refractivity contribution in [1.29, 1.82) is 0 Å². The number of rotatable bonds is 5. The summed E-state index contributed by atoms with van der Waals surface area (Å²) in [7, 11) is 0. The van der Waals surface area contributed by atoms with Crippen LogP contribution in [0, 0.1) is 11.3 Å². The standard InChI is InChI=1S/C17H24N2OS/c1-11(2)9-20-16-8-15(17(16,3)4)19-12-5-6-13-14(7-12)21-10-18-13/h5-7,10-11,15-16,19H,8-9H2,1-4H3. The first-order chi connectivity index (χ1) is 9.96. The molecule has 1 fully saturated rings. The Morgan fingerprint density at radius 2 is 2.24 bits per heavy atom. The molecule has 1 N–H and O–H groups in total. The van der Waals surface area contributed by atoms with E-state index in [1.54, 1.807) is 11.3 Å². The SMILES string of the molecule is CC(C)COC1CC(Nc2ccc3ncsc3c2)C1(C)C. The molecule has 4 heteroatoms. The first-order valence-corrected chi connectivity index (χ1v) is 8.56. The third-order valence-electron chi connectivity index (χ3n) is 4.48. The van der Waals surface area contributed by atoms with Crippen LogP contribution in [-0.2, 0) is 4.74 Å². The lowest BCUT2D eigenvalue weighted by molar-refractivity contribution is -0.108. The van der Waals surface area contributed by atoms with Crippen LogP contribution in [0.15, 0.2) is 23.7 Å². The van der Waals surface area contributed by atoms with Gasteiger partial charge in [-0.1, -0.05) is 27.7 Å². The lowest BCUT2D eigenvalue weighted by Crippen LogP contribution is -2.58. The van der Waals surface area contributed by atoms with E-state index in [-0.39, 0.29) is 5.41 Å². The Balaban J connectivity index is 1.63. The van der Waals surface area contributed by atoms with Crippen LogP contribution in [0.3, 0.4) is 0 Å². The first-order valence-electron chi connectivity index (χ1n) is 7.68. The number of hydrogen-bond donors (Lipinski definition) is 1. The van der Waals surface area contributed by atoms with E-state index in [1.165, 1.54) is 10.4 Å². The number of anilines is 1. The Morgan fingerprint density at radius 3 is 2.95 bits per heavy atom. The predicted octanol–water partition coefficient (Wildman–Crippen LogP) is 4.55. The maximum absolute atomic E-state index is 6.03. The minimum Gasteiger partial charge on any atom is -0.382 e. The molecule has 0 amide bonds. The van der Waals surface area contributed by atoms with Gasteiger partial charge in [-0.2, -0.15) is 0 Å². The van der Waals surface area contributed by atoms with Gasteiger partial charge in [0.1, 0.15) is 0 Å². The molecule has 1 heterocycles. The molecular weight excluding hydrogens is 280 g/mol. The molecule has 0 radical (unpaired) electrons. The zero-order chi connectivity index (χ0) is 15.0. The Bertz CT molecular complexity index is 620. The summed E-state index contributed by atoms with van der Waals surface area (Å²) in [6.07, 6.45) is 1.45. The van der Waals surface area contributed by atoms with Gasteiger partial charge >= 0.3 is 0 Å². The zero-order valence-electron chi connectivity index (χ0n) is 13.2. The third-order valence-corrected chi connectivity index (χ3v) is 5.27. The number of benzene rings is 1. The molecular formula is C17H24N2OS. The van der Waals surface area contributed by atoms with E-state index in [9.17, 15) is 0 Å². The van der Waals surface area contributed by atoms with Crippen molar-refractivity contribution >= 4 is 27.2 Å². The lowest BCUT2D eigenvalue weighted by atomic mass is 9.64. The summed E-state index contributed by atoms with van der Waals surface area (Å²) in [5.41, 5.74) is 4.35. The van der Waals surface area contributed by atoms with Crippen LogP contribution in [0.4, 0.5) is 5.69 Å². The first kappa shape index (κ1) is 14.8. The average molecular weight is 304 g/mol. The number of nitrogens with one attached hydrogen (secondary N) is 1. The highest BCUT2D eigenvalue weighted by molar-refractivity contribution is 7.16. The van der Waals surface area contributed by atoms with E-state index in [2.05, 4.69) is 56.2 Å². The molecule has 0 spiro atoms. The summed E-state index contributed by atoms with van der Waals surface area (Å²) in [6.45, 7) is 9.85. The van der Waals surface area contributed by atoms with E-state index < -0.39 is 0 Å². The lowest BCUT2D eigenvalue weighted by Gasteiger charge is -2.52. The van der Waals surface area contributed by atoms with Crippen LogP contribution < -0.4 is 5.32 Å². The highest BCUT2D eigenvalue weighted by Gasteiger charge is 2.49. The van der Waals surface area contributed by atoms with Crippen LogP contribution in [-0.4, -0.2) is 23.7 Å². The summed E-state index contributed by atoms with van der Waals surface area (Å²) < 4.78 is 7.27. The fourth-order valence-corrected chi connectivity index (χ4v) is 3.58. The van der Waals surface area contributed by atoms with Gasteiger partial charge in [-0.3, -0.25) is 0 Å². The molecule has 2 unspecified atom stereocenters. The maximum atomic E-state index is 6.03. The predicted molar refractivity (Wildman–Crippen MR) is 90.0 cm³/mol. The van der Waals surface area contributed by atoms with E-state index in [0.29, 0.717) is 18.1 Å². The summed E-state index contributed by atoms with van der Waals surface area (Å²) in [5.74, 6) is 0.599. The molecule has 1 aromatic heterocycles. The van der Waals surface area contributed by atoms with Gasteiger partial charge in [-0.25, -0.2) is 4.98 Å². The molecule has 1 aliphatic rings. The summed E-state index contributed by atoms with van der Waals surface area (Å²) in [4.78, 5) is 4.33. The quantitative estimate of drug-likeness (QED) is 0.880. The van der Waals surface area contributed by atoms with Crippen molar-refractivity contribution in [2.45, 2.75) is 46.3 Å². The molecule has 1 aliphatic carbocycles. The minimum absolute atomic E-state index is 0.178. The van der Waals surface area contributed by atoms with Crippen molar-refractivity contribution in [2.24, 2.45) is 11.3 Å². The van der Waals surface area contributed by atoms with Crippen LogP contribution in [0.25, 0.3) is 10.2 Å². The Labute approximate surface area is 130 Å². The average Bonchev–Trinajstić information content (AvgIpc) is 2.89. The Morgan fingerprint density at radius 1 is 1.43 bits per heavy atom. The summed E-state index contributed by atoms with van der Waals surface area (Å²) >= 11 is 1.69. The number of ether oxygens (including phenoxy) is 1. The third kappa shape index (κ3) is 2.92. The molecule has 3 nitrogen and oxygen atoms in total. The number of thiazole rings is 1. The monoisotopic (exact) mass is 304 g/mol. The molecule has 3 rings (SSSR count). The number of hydrogen-bond acceptors (Lipinski definition) is 4. The minimum atomic E-state index is 0.178. The van der Waals surface area contributed by atoms with Gasteiger partial charge < -0.3 is 10.1 Å². The van der Waals surface area contributed by atoms with Gasteiger partial charge in [0.25, 0.3) is 0 Å². The topological polar surface area (TPSA) is 34.1 Å². The van der Waals surface area contributed by atoms with Crippen molar-refractivity contribution < 1.29 is 4.74 Å². The van der Waals surface area contributed by atoms with Crippen molar-refractivity contribution in [3.05, 3.63) is 23.7 Å². The molecule has 1 aromatic carbocycles. The van der Waals surface area contributed by atoms with Crippen LogP contribution in [0.5, 0.6) is 0 Å². The smallest absolute Gasteiger partial charge is 0.0813 e. The van der Waals surface area contributed by atoms with Gasteiger partial charge in [-0.05, 0) is 30.5 Å². The highest BCUT2D eigenvalue weighted by atomic mass is 32.1. The van der Waals surface area contributed by atoms with Gasteiger partial charge in [0, 0.05) is 23.8 Å². The van der Waals surface area contributed by atoms with E-state index >= 15 is 0 Å². The van der Waals surface area contributed by atoms with E-state index in [1.807, 2.05) is 5.51 Å². The van der Waals surface area contributed by atoms with Crippen molar-refractivity contribution in [3.63, 3.8) is 0 Å². The molecule has 114 valence electrons. The molecule has 2 aromatic rings.